The van der Waals surface area contributed by atoms with Crippen LogP contribution in [0.25, 0.3) is 0 Å². The van der Waals surface area contributed by atoms with Gasteiger partial charge in [-0.25, -0.2) is 9.98 Å². The molecule has 1 aromatic heterocycles. The van der Waals surface area contributed by atoms with Gasteiger partial charge in [-0.1, -0.05) is 12.1 Å². The van der Waals surface area contributed by atoms with E-state index in [-0.39, 0.29) is 16.8 Å². The van der Waals surface area contributed by atoms with Crippen molar-refractivity contribution in [3.8, 4) is 0 Å². The fourth-order valence-electron chi connectivity index (χ4n) is 3.47. The second-order valence-corrected chi connectivity index (χ2v) is 6.21. The Morgan fingerprint density at radius 1 is 1.33 bits per heavy atom. The van der Waals surface area contributed by atoms with Gasteiger partial charge < -0.3 is 9.88 Å². The molecule has 2 aliphatic rings. The maximum Gasteiger partial charge on any atom is 0.269 e. The van der Waals surface area contributed by atoms with Crippen LogP contribution < -0.4 is 5.32 Å². The SMILES string of the molecule is Cn1cnc2c1NC=NC2N1CCC(c2ccc([N+](=O)[O-])cc2)C1. The Labute approximate surface area is 139 Å². The fourth-order valence-corrected chi connectivity index (χ4v) is 3.47. The van der Waals surface area contributed by atoms with Crippen molar-refractivity contribution < 1.29 is 4.92 Å². The number of nitrogens with one attached hydrogen (secondary N) is 1. The van der Waals surface area contributed by atoms with Crippen molar-refractivity contribution in [1.82, 2.24) is 14.5 Å². The summed E-state index contributed by atoms with van der Waals surface area (Å²) in [5.41, 5.74) is 2.22. The Hall–Kier alpha value is -2.74. The molecule has 0 bridgehead atoms. The summed E-state index contributed by atoms with van der Waals surface area (Å²) < 4.78 is 1.96. The van der Waals surface area contributed by atoms with E-state index in [0.29, 0.717) is 5.92 Å². The van der Waals surface area contributed by atoms with Crippen molar-refractivity contribution in [2.24, 2.45) is 12.0 Å². The molecule has 8 heteroatoms. The van der Waals surface area contributed by atoms with E-state index in [1.807, 2.05) is 23.7 Å². The zero-order valence-electron chi connectivity index (χ0n) is 13.3. The highest BCUT2D eigenvalue weighted by molar-refractivity contribution is 5.77. The zero-order chi connectivity index (χ0) is 16.7. The van der Waals surface area contributed by atoms with E-state index in [9.17, 15) is 10.1 Å². The molecule has 124 valence electrons. The molecule has 0 amide bonds. The number of fused-ring (bicyclic) bond motifs is 1. The van der Waals surface area contributed by atoms with Crippen molar-refractivity contribution >= 4 is 17.8 Å². The monoisotopic (exact) mass is 326 g/mol. The lowest BCUT2D eigenvalue weighted by molar-refractivity contribution is -0.384. The highest BCUT2D eigenvalue weighted by atomic mass is 16.6. The molecular formula is C16H18N6O2. The van der Waals surface area contributed by atoms with Crippen LogP contribution in [0.5, 0.6) is 0 Å². The Kier molecular flexibility index (Phi) is 3.53. The van der Waals surface area contributed by atoms with Gasteiger partial charge in [0.15, 0.2) is 6.17 Å². The Balaban J connectivity index is 1.51. The number of hydrogen-bond donors (Lipinski definition) is 1. The molecule has 1 fully saturated rings. The summed E-state index contributed by atoms with van der Waals surface area (Å²) in [5, 5.41) is 13.9. The minimum atomic E-state index is -0.364. The number of aromatic nitrogens is 2. The van der Waals surface area contributed by atoms with Gasteiger partial charge >= 0.3 is 0 Å². The summed E-state index contributed by atoms with van der Waals surface area (Å²) in [6.07, 6.45) is 4.47. The number of aliphatic imine (C=N–C) groups is 1. The van der Waals surface area contributed by atoms with E-state index in [1.165, 1.54) is 0 Å². The number of hydrogen-bond acceptors (Lipinski definition) is 6. The number of likely N-dealkylation sites (tertiary alicyclic amines) is 1. The smallest absolute Gasteiger partial charge is 0.269 e. The highest BCUT2D eigenvalue weighted by Crippen LogP contribution is 2.36. The maximum atomic E-state index is 10.8. The van der Waals surface area contributed by atoms with Crippen molar-refractivity contribution in [3.05, 3.63) is 52.0 Å². The number of non-ortho nitro benzene ring substituents is 1. The molecule has 1 saturated heterocycles. The van der Waals surface area contributed by atoms with E-state index in [1.54, 1.807) is 24.8 Å². The van der Waals surface area contributed by atoms with Gasteiger partial charge in [0.1, 0.15) is 11.5 Å². The number of anilines is 1. The molecule has 24 heavy (non-hydrogen) atoms. The molecule has 4 rings (SSSR count). The Morgan fingerprint density at radius 2 is 2.12 bits per heavy atom. The van der Waals surface area contributed by atoms with Crippen LogP contribution in [0.2, 0.25) is 0 Å². The van der Waals surface area contributed by atoms with Crippen LogP contribution in [0.3, 0.4) is 0 Å². The van der Waals surface area contributed by atoms with Crippen LogP contribution in [0.1, 0.15) is 29.8 Å². The van der Waals surface area contributed by atoms with Gasteiger partial charge in [-0.15, -0.1) is 0 Å². The van der Waals surface area contributed by atoms with E-state index in [0.717, 1.165) is 36.6 Å². The molecule has 0 saturated carbocycles. The molecule has 0 radical (unpaired) electrons. The third-order valence-corrected chi connectivity index (χ3v) is 4.77. The second-order valence-electron chi connectivity index (χ2n) is 6.21. The van der Waals surface area contributed by atoms with Crippen LogP contribution in [0.4, 0.5) is 11.5 Å². The van der Waals surface area contributed by atoms with Gasteiger partial charge in [0.2, 0.25) is 0 Å². The second kappa shape index (κ2) is 5.72. The molecule has 2 aliphatic heterocycles. The average molecular weight is 326 g/mol. The minimum absolute atomic E-state index is 0.0644. The predicted octanol–water partition coefficient (Wildman–Crippen LogP) is 2.27. The molecule has 0 spiro atoms. The van der Waals surface area contributed by atoms with Gasteiger partial charge in [0.25, 0.3) is 5.69 Å². The number of aryl methyl sites for hydroxylation is 1. The Bertz CT molecular complexity index is 797. The first-order valence-electron chi connectivity index (χ1n) is 7.91. The molecule has 1 N–H and O–H groups in total. The molecular weight excluding hydrogens is 308 g/mol. The fraction of sp³-hybridized carbons (Fsp3) is 0.375. The molecule has 1 aromatic carbocycles. The lowest BCUT2D eigenvalue weighted by Crippen LogP contribution is -2.28. The van der Waals surface area contributed by atoms with Gasteiger partial charge in [-0.05, 0) is 17.9 Å². The first kappa shape index (κ1) is 14.8. The average Bonchev–Trinajstić information content (AvgIpc) is 3.22. The normalized spacial score (nSPS) is 23.0. The van der Waals surface area contributed by atoms with Crippen LogP contribution in [0, 0.1) is 10.1 Å². The number of benzene rings is 1. The van der Waals surface area contributed by atoms with Crippen molar-refractivity contribution in [2.75, 3.05) is 18.4 Å². The number of rotatable bonds is 3. The lowest BCUT2D eigenvalue weighted by atomic mass is 9.98. The number of nitro benzene ring substituents is 1. The Morgan fingerprint density at radius 3 is 2.88 bits per heavy atom. The van der Waals surface area contributed by atoms with Crippen molar-refractivity contribution in [1.29, 1.82) is 0 Å². The summed E-state index contributed by atoms with van der Waals surface area (Å²) >= 11 is 0. The van der Waals surface area contributed by atoms with Crippen molar-refractivity contribution in [2.45, 2.75) is 18.5 Å². The zero-order valence-corrected chi connectivity index (χ0v) is 13.3. The van der Waals surface area contributed by atoms with E-state index in [4.69, 9.17) is 0 Å². The summed E-state index contributed by atoms with van der Waals surface area (Å²) in [4.78, 5) is 21.8. The van der Waals surface area contributed by atoms with Crippen molar-refractivity contribution in [3.63, 3.8) is 0 Å². The number of nitrogens with zero attached hydrogens (tertiary/aromatic N) is 5. The summed E-state index contributed by atoms with van der Waals surface area (Å²) in [6, 6.07) is 6.89. The van der Waals surface area contributed by atoms with Crippen LogP contribution in [-0.4, -0.2) is 38.8 Å². The number of imidazole rings is 1. The van der Waals surface area contributed by atoms with Gasteiger partial charge in [-0.2, -0.15) is 0 Å². The molecule has 2 unspecified atom stereocenters. The van der Waals surface area contributed by atoms with Crippen LogP contribution in [0.15, 0.2) is 35.6 Å². The van der Waals surface area contributed by atoms with E-state index in [2.05, 4.69) is 20.2 Å². The van der Waals surface area contributed by atoms with Gasteiger partial charge in [-0.3, -0.25) is 15.0 Å². The van der Waals surface area contributed by atoms with Gasteiger partial charge in [0.05, 0.1) is 17.6 Å². The summed E-state index contributed by atoms with van der Waals surface area (Å²) in [6.45, 7) is 1.80. The third kappa shape index (κ3) is 2.44. The lowest BCUT2D eigenvalue weighted by Gasteiger charge is -2.26. The molecule has 8 nitrogen and oxygen atoms in total. The highest BCUT2D eigenvalue weighted by Gasteiger charge is 2.33. The summed E-state index contributed by atoms with van der Waals surface area (Å²) in [7, 11) is 1.96. The predicted molar refractivity (Wildman–Crippen MR) is 90.1 cm³/mol. The van der Waals surface area contributed by atoms with E-state index >= 15 is 0 Å². The quantitative estimate of drug-likeness (QED) is 0.690. The molecule has 2 atom stereocenters. The maximum absolute atomic E-state index is 10.8. The molecule has 3 heterocycles. The van der Waals surface area contributed by atoms with Gasteiger partial charge in [0, 0.05) is 32.3 Å². The first-order valence-corrected chi connectivity index (χ1v) is 7.91. The largest absolute Gasteiger partial charge is 0.331 e. The molecule has 2 aromatic rings. The van der Waals surface area contributed by atoms with Crippen LogP contribution >= 0.6 is 0 Å². The standard InChI is InChI=1S/C16H18N6O2/c1-20-10-19-14-15(20)17-9-18-16(14)21-7-6-12(8-21)11-2-4-13(5-3-11)22(23)24/h2-5,9-10,12,16H,6-8H2,1H3,(H,17,18). The first-order chi connectivity index (χ1) is 11.6. The third-order valence-electron chi connectivity index (χ3n) is 4.77. The number of nitro groups is 1. The summed E-state index contributed by atoms with van der Waals surface area (Å²) in [5.74, 6) is 1.34. The minimum Gasteiger partial charge on any atom is -0.331 e. The van der Waals surface area contributed by atoms with E-state index < -0.39 is 0 Å². The molecule has 0 aliphatic carbocycles. The van der Waals surface area contributed by atoms with Crippen LogP contribution in [-0.2, 0) is 7.05 Å². The topological polar surface area (TPSA) is 88.6 Å².